The molecule has 0 spiro atoms. The average Bonchev–Trinajstić information content (AvgIpc) is 3.24. The highest BCUT2D eigenvalue weighted by atomic mass is 16.4. The molecule has 40 heavy (non-hydrogen) atoms. The number of fused-ring (bicyclic) bond motifs is 7. The highest BCUT2D eigenvalue weighted by Crippen LogP contribution is 2.78. The van der Waals surface area contributed by atoms with E-state index in [1.807, 2.05) is 0 Å². The number of hydrogen-bond donors (Lipinski definition) is 5. The molecule has 5 rings (SSSR count). The SMILES string of the molecule is CC(CC(O)C(O)C(O)C(O)CN)C1CCC2(C)C1CCC1(C)C2CCC2C3(C)CCCC(C)(C)C3CCC21C. The largest absolute Gasteiger partial charge is 0.390 e. The molecular weight excluding hydrogens is 498 g/mol. The molecule has 5 aliphatic carbocycles. The van der Waals surface area contributed by atoms with Gasteiger partial charge in [0.15, 0.2) is 0 Å². The number of aliphatic hydroxyl groups is 4. The molecule has 14 atom stereocenters. The Morgan fingerprint density at radius 3 is 1.85 bits per heavy atom. The second kappa shape index (κ2) is 10.5. The van der Waals surface area contributed by atoms with Gasteiger partial charge < -0.3 is 26.2 Å². The monoisotopic (exact) mass is 561 g/mol. The molecule has 6 N–H and O–H groups in total. The molecule has 0 bridgehead atoms. The van der Waals surface area contributed by atoms with Crippen molar-refractivity contribution in [3.05, 3.63) is 0 Å². The van der Waals surface area contributed by atoms with Crippen LogP contribution < -0.4 is 5.73 Å². The summed E-state index contributed by atoms with van der Waals surface area (Å²) in [5.41, 5.74) is 7.54. The fourth-order valence-corrected chi connectivity index (χ4v) is 13.3. The van der Waals surface area contributed by atoms with Gasteiger partial charge in [0, 0.05) is 6.54 Å². The van der Waals surface area contributed by atoms with E-state index in [0.717, 1.165) is 17.8 Å². The zero-order chi connectivity index (χ0) is 29.5. The van der Waals surface area contributed by atoms with Gasteiger partial charge in [0.05, 0.1) is 12.2 Å². The summed E-state index contributed by atoms with van der Waals surface area (Å²) in [6, 6.07) is 0. The summed E-state index contributed by atoms with van der Waals surface area (Å²) in [4.78, 5) is 0. The van der Waals surface area contributed by atoms with Crippen LogP contribution in [0.1, 0.15) is 126 Å². The molecule has 0 radical (unpaired) electrons. The summed E-state index contributed by atoms with van der Waals surface area (Å²) in [7, 11) is 0. The minimum Gasteiger partial charge on any atom is -0.390 e. The van der Waals surface area contributed by atoms with Crippen LogP contribution in [0.3, 0.4) is 0 Å². The zero-order valence-electron chi connectivity index (χ0n) is 26.8. The first-order chi connectivity index (χ1) is 18.6. The highest BCUT2D eigenvalue weighted by Gasteiger charge is 2.70. The second-order valence-corrected chi connectivity index (χ2v) is 17.4. The smallest absolute Gasteiger partial charge is 0.109 e. The number of nitrogens with two attached hydrogens (primary N) is 1. The molecule has 0 aliphatic heterocycles. The third kappa shape index (κ3) is 4.41. The third-order valence-corrected chi connectivity index (χ3v) is 15.5. The number of aliphatic hydroxyl groups excluding tert-OH is 4. The van der Waals surface area contributed by atoms with Gasteiger partial charge in [0.2, 0.25) is 0 Å². The van der Waals surface area contributed by atoms with Gasteiger partial charge in [0.25, 0.3) is 0 Å². The minimum atomic E-state index is -1.42. The van der Waals surface area contributed by atoms with Crippen LogP contribution in [0.5, 0.6) is 0 Å². The van der Waals surface area contributed by atoms with Gasteiger partial charge in [0.1, 0.15) is 12.2 Å². The zero-order valence-corrected chi connectivity index (χ0v) is 26.8. The average molecular weight is 562 g/mol. The molecule has 0 aromatic rings. The summed E-state index contributed by atoms with van der Waals surface area (Å²) in [6.45, 7) is 18.0. The highest BCUT2D eigenvalue weighted by molar-refractivity contribution is 5.19. The maximum absolute atomic E-state index is 10.8. The van der Waals surface area contributed by atoms with Crippen molar-refractivity contribution in [2.45, 2.75) is 150 Å². The second-order valence-electron chi connectivity index (χ2n) is 17.4. The van der Waals surface area contributed by atoms with Crippen molar-refractivity contribution < 1.29 is 20.4 Å². The molecule has 5 saturated carbocycles. The van der Waals surface area contributed by atoms with E-state index in [-0.39, 0.29) is 12.5 Å². The van der Waals surface area contributed by atoms with Crippen LogP contribution in [0.4, 0.5) is 0 Å². The Labute approximate surface area is 245 Å². The van der Waals surface area contributed by atoms with Crippen molar-refractivity contribution in [2.75, 3.05) is 6.54 Å². The molecule has 14 unspecified atom stereocenters. The fourth-order valence-electron chi connectivity index (χ4n) is 13.3. The lowest BCUT2D eigenvalue weighted by atomic mass is 9.32. The van der Waals surface area contributed by atoms with E-state index in [9.17, 15) is 20.4 Å². The Morgan fingerprint density at radius 2 is 1.23 bits per heavy atom. The van der Waals surface area contributed by atoms with Crippen LogP contribution >= 0.6 is 0 Å². The van der Waals surface area contributed by atoms with Gasteiger partial charge in [-0.05, 0) is 133 Å². The third-order valence-electron chi connectivity index (χ3n) is 15.5. The van der Waals surface area contributed by atoms with E-state index >= 15 is 0 Å². The molecular formula is C35H63NO4. The molecule has 232 valence electrons. The lowest BCUT2D eigenvalue weighted by Gasteiger charge is -2.73. The van der Waals surface area contributed by atoms with E-state index in [1.165, 1.54) is 70.6 Å². The Balaban J connectivity index is 1.34. The lowest BCUT2D eigenvalue weighted by molar-refractivity contribution is -0.241. The summed E-state index contributed by atoms with van der Waals surface area (Å²) in [6.07, 6.45) is 10.2. The molecule has 0 saturated heterocycles. The topological polar surface area (TPSA) is 107 Å². The Kier molecular flexibility index (Phi) is 8.17. The fraction of sp³-hybridized carbons (Fsp3) is 1.00. The molecule has 0 heterocycles. The normalized spacial score (nSPS) is 50.0. The van der Waals surface area contributed by atoms with Crippen LogP contribution in [-0.2, 0) is 0 Å². The summed E-state index contributed by atoms with van der Waals surface area (Å²) < 4.78 is 0. The molecule has 5 aliphatic rings. The van der Waals surface area contributed by atoms with Crippen molar-refractivity contribution in [1.82, 2.24) is 0 Å². The van der Waals surface area contributed by atoms with Gasteiger partial charge in [-0.3, -0.25) is 0 Å². The molecule has 5 nitrogen and oxygen atoms in total. The molecule has 5 heteroatoms. The van der Waals surface area contributed by atoms with E-state index < -0.39 is 24.4 Å². The predicted octanol–water partition coefficient (Wildman–Crippen LogP) is 5.91. The minimum absolute atomic E-state index is 0.138. The van der Waals surface area contributed by atoms with Crippen molar-refractivity contribution in [1.29, 1.82) is 0 Å². The van der Waals surface area contributed by atoms with Crippen molar-refractivity contribution >= 4 is 0 Å². The Morgan fingerprint density at radius 1 is 0.650 bits per heavy atom. The lowest BCUT2D eigenvalue weighted by Crippen LogP contribution is -2.65. The number of hydrogen-bond acceptors (Lipinski definition) is 5. The first-order valence-corrected chi connectivity index (χ1v) is 17.0. The summed E-state index contributed by atoms with van der Waals surface area (Å²) >= 11 is 0. The van der Waals surface area contributed by atoms with E-state index in [0.29, 0.717) is 45.3 Å². The molecule has 0 amide bonds. The van der Waals surface area contributed by atoms with E-state index in [2.05, 4.69) is 48.5 Å². The first-order valence-electron chi connectivity index (χ1n) is 17.0. The van der Waals surface area contributed by atoms with Crippen LogP contribution in [0.25, 0.3) is 0 Å². The van der Waals surface area contributed by atoms with Gasteiger partial charge in [-0.2, -0.15) is 0 Å². The van der Waals surface area contributed by atoms with Crippen LogP contribution in [-0.4, -0.2) is 51.4 Å². The van der Waals surface area contributed by atoms with Gasteiger partial charge in [-0.1, -0.05) is 54.9 Å². The molecule has 5 fully saturated rings. The van der Waals surface area contributed by atoms with Crippen molar-refractivity contribution in [2.24, 2.45) is 68.3 Å². The van der Waals surface area contributed by atoms with Crippen LogP contribution in [0, 0.1) is 62.6 Å². The molecule has 0 aromatic heterocycles. The predicted molar refractivity (Wildman–Crippen MR) is 161 cm³/mol. The summed E-state index contributed by atoms with van der Waals surface area (Å²) in [5.74, 6) is 3.90. The standard InChI is InChI=1S/C35H63NO4/c1-21(19-24(37)29(39)30(40)25(38)20-36)22-11-16-32(4)23(22)12-17-34(6)27(32)9-10-28-33(5)15-8-14-31(2,3)26(33)13-18-35(28,34)7/h21-30,37-40H,8-20,36H2,1-7H3. The van der Waals surface area contributed by atoms with E-state index in [4.69, 9.17) is 5.73 Å². The number of rotatable bonds is 7. The summed E-state index contributed by atoms with van der Waals surface area (Å²) in [5, 5.41) is 41.4. The van der Waals surface area contributed by atoms with Crippen LogP contribution in [0.15, 0.2) is 0 Å². The maximum Gasteiger partial charge on any atom is 0.109 e. The Bertz CT molecular complexity index is 925. The van der Waals surface area contributed by atoms with Crippen molar-refractivity contribution in [3.8, 4) is 0 Å². The Hall–Kier alpha value is -0.200. The van der Waals surface area contributed by atoms with Gasteiger partial charge in [-0.15, -0.1) is 0 Å². The first kappa shape index (κ1) is 31.2. The van der Waals surface area contributed by atoms with Crippen molar-refractivity contribution in [3.63, 3.8) is 0 Å². The maximum atomic E-state index is 10.8. The quantitative estimate of drug-likeness (QED) is 0.266. The molecule has 0 aromatic carbocycles. The van der Waals surface area contributed by atoms with Crippen LogP contribution in [0.2, 0.25) is 0 Å². The van der Waals surface area contributed by atoms with E-state index in [1.54, 1.807) is 0 Å². The van der Waals surface area contributed by atoms with Gasteiger partial charge >= 0.3 is 0 Å². The van der Waals surface area contributed by atoms with Gasteiger partial charge in [-0.25, -0.2) is 0 Å².